The zero-order valence-corrected chi connectivity index (χ0v) is 15.0. The molecule has 0 fully saturated rings. The Hall–Kier alpha value is -2.62. The van der Waals surface area contributed by atoms with E-state index in [4.69, 9.17) is 16.2 Å². The van der Waals surface area contributed by atoms with E-state index in [1.165, 1.54) is 10.8 Å². The van der Waals surface area contributed by atoms with Crippen molar-refractivity contribution in [2.45, 2.75) is 18.0 Å². The minimum Gasteiger partial charge on any atom is -0.488 e. The third-order valence-electron chi connectivity index (χ3n) is 3.33. The van der Waals surface area contributed by atoms with Gasteiger partial charge < -0.3 is 20.8 Å². The summed E-state index contributed by atoms with van der Waals surface area (Å²) in [5.41, 5.74) is 10.7. The number of alkyl halides is 3. The van der Waals surface area contributed by atoms with Crippen LogP contribution in [0.2, 0.25) is 0 Å². The number of anilines is 1. The number of halogens is 3. The van der Waals surface area contributed by atoms with Gasteiger partial charge in [-0.1, -0.05) is 6.58 Å². The highest BCUT2D eigenvalue weighted by Crippen LogP contribution is 2.31. The summed E-state index contributed by atoms with van der Waals surface area (Å²) < 4.78 is 44.7. The van der Waals surface area contributed by atoms with Crippen molar-refractivity contribution in [3.8, 4) is 17.3 Å². The second kappa shape index (κ2) is 7.32. The van der Waals surface area contributed by atoms with Crippen LogP contribution in [0.4, 0.5) is 19.0 Å². The molecule has 0 atom stereocenters. The van der Waals surface area contributed by atoms with Gasteiger partial charge >= 0.3 is 6.18 Å². The van der Waals surface area contributed by atoms with Crippen LogP contribution in [0, 0.1) is 0 Å². The zero-order chi connectivity index (χ0) is 19.6. The molecule has 2 aromatic heterocycles. The van der Waals surface area contributed by atoms with E-state index in [-0.39, 0.29) is 17.3 Å². The lowest BCUT2D eigenvalue weighted by Crippen LogP contribution is -2.19. The molecule has 0 unspecified atom stereocenters. The Labute approximate surface area is 153 Å². The molecule has 0 radical (unpaired) electrons. The van der Waals surface area contributed by atoms with Crippen molar-refractivity contribution in [3.63, 3.8) is 0 Å². The molecule has 0 aliphatic carbocycles. The number of nitrogens with two attached hydrogens (primary N) is 2. The second-order valence-corrected chi connectivity index (χ2v) is 6.13. The molecule has 6 nitrogen and oxygen atoms in total. The number of nitrogens with zero attached hydrogens (tertiary/aromatic N) is 3. The lowest BCUT2D eigenvalue weighted by atomic mass is 10.3. The van der Waals surface area contributed by atoms with Crippen LogP contribution < -0.4 is 16.2 Å². The quantitative estimate of drug-likeness (QED) is 0.543. The monoisotopic (exact) mass is 385 g/mol. The molecule has 4 N–H and O–H groups in total. The van der Waals surface area contributed by atoms with Crippen molar-refractivity contribution in [3.05, 3.63) is 35.8 Å². The van der Waals surface area contributed by atoms with E-state index in [9.17, 15) is 13.2 Å². The summed E-state index contributed by atoms with van der Waals surface area (Å²) in [4.78, 5) is 8.77. The van der Waals surface area contributed by atoms with Crippen molar-refractivity contribution in [1.82, 2.24) is 14.5 Å². The van der Waals surface area contributed by atoms with Gasteiger partial charge in [-0.2, -0.15) is 13.2 Å². The summed E-state index contributed by atoms with van der Waals surface area (Å²) in [5, 5.41) is 0. The van der Waals surface area contributed by atoms with E-state index in [0.717, 1.165) is 5.57 Å². The second-order valence-electron chi connectivity index (χ2n) is 5.65. The summed E-state index contributed by atoms with van der Waals surface area (Å²) in [7, 11) is 1.55. The lowest BCUT2D eigenvalue weighted by molar-refractivity contribution is -0.0916. The van der Waals surface area contributed by atoms with E-state index in [1.807, 2.05) is 6.92 Å². The normalized spacial score (nSPS) is 12.3. The highest BCUT2D eigenvalue weighted by Gasteiger charge is 2.32. The van der Waals surface area contributed by atoms with E-state index >= 15 is 0 Å². The Balaban J connectivity index is 2.41. The summed E-state index contributed by atoms with van der Waals surface area (Å²) in [6.45, 7) is 5.88. The van der Waals surface area contributed by atoms with Crippen molar-refractivity contribution in [2.75, 3.05) is 12.3 Å². The average molecular weight is 385 g/mol. The number of rotatable bonds is 5. The van der Waals surface area contributed by atoms with Gasteiger partial charge in [0.15, 0.2) is 5.82 Å². The molecule has 0 aliphatic rings. The lowest BCUT2D eigenvalue weighted by Gasteiger charge is -2.09. The van der Waals surface area contributed by atoms with Crippen LogP contribution >= 0.6 is 12.6 Å². The minimum atomic E-state index is -4.67. The number of ether oxygens (including phenoxy) is 1. The van der Waals surface area contributed by atoms with E-state index < -0.39 is 11.9 Å². The van der Waals surface area contributed by atoms with Gasteiger partial charge in [-0.15, -0.1) is 12.6 Å². The van der Waals surface area contributed by atoms with Crippen LogP contribution in [0.25, 0.3) is 17.6 Å². The minimum absolute atomic E-state index is 0.0179. The first-order valence-electron chi connectivity index (χ1n) is 7.33. The third-order valence-corrected chi connectivity index (χ3v) is 3.67. The van der Waals surface area contributed by atoms with Crippen molar-refractivity contribution in [1.29, 1.82) is 0 Å². The largest absolute Gasteiger partial charge is 0.488 e. The summed E-state index contributed by atoms with van der Waals surface area (Å²) >= 11 is 4.35. The molecule has 0 bridgehead atoms. The van der Waals surface area contributed by atoms with Crippen LogP contribution in [0.1, 0.15) is 12.6 Å². The maximum absolute atomic E-state index is 12.6. The zero-order valence-electron chi connectivity index (χ0n) is 14.1. The number of thiol groups is 1. The fraction of sp³-hybridized carbons (Fsp3) is 0.250. The van der Waals surface area contributed by atoms with Gasteiger partial charge in [0.05, 0.1) is 6.20 Å². The number of hydrogen-bond donors (Lipinski definition) is 3. The standard InChI is InChI=1S/C16H18F3N5OS/c1-8(2)7-25-9-4-11(26)13(22-6-9)15-23-10(14(21)24(15)3)5-12(20)16(17,18)19/h4-6,26H,1,7,20-21H2,2-3H3/b12-5-. The van der Waals surface area contributed by atoms with Gasteiger partial charge in [-0.3, -0.25) is 0 Å². The first-order valence-corrected chi connectivity index (χ1v) is 7.78. The Bertz CT molecular complexity index is 874. The first-order chi connectivity index (χ1) is 12.0. The smallest absolute Gasteiger partial charge is 0.430 e. The van der Waals surface area contributed by atoms with E-state index in [0.29, 0.717) is 29.0 Å². The third kappa shape index (κ3) is 4.31. The predicted octanol–water partition coefficient (Wildman–Crippen LogP) is 3.17. The molecule has 10 heteroatoms. The number of nitrogen functional groups attached to an aromatic ring is 1. The van der Waals surface area contributed by atoms with E-state index in [2.05, 4.69) is 29.2 Å². The molecule has 26 heavy (non-hydrogen) atoms. The van der Waals surface area contributed by atoms with E-state index in [1.54, 1.807) is 13.1 Å². The molecule has 0 saturated heterocycles. The number of imidazole rings is 1. The highest BCUT2D eigenvalue weighted by molar-refractivity contribution is 7.80. The summed E-state index contributed by atoms with van der Waals surface area (Å²) in [6, 6.07) is 1.62. The molecule has 0 aliphatic heterocycles. The molecule has 2 rings (SSSR count). The van der Waals surface area contributed by atoms with Crippen LogP contribution in [0.15, 0.2) is 35.0 Å². The number of allylic oxidation sites excluding steroid dienone is 1. The Morgan fingerprint density at radius 2 is 2.12 bits per heavy atom. The summed E-state index contributed by atoms with van der Waals surface area (Å²) in [6.07, 6.45) is -2.52. The summed E-state index contributed by atoms with van der Waals surface area (Å²) in [5.74, 6) is 0.745. The maximum atomic E-state index is 12.6. The molecule has 0 saturated carbocycles. The van der Waals surface area contributed by atoms with Gasteiger partial charge in [0.25, 0.3) is 0 Å². The van der Waals surface area contributed by atoms with Gasteiger partial charge in [0.2, 0.25) is 0 Å². The van der Waals surface area contributed by atoms with Gasteiger partial charge in [0.1, 0.15) is 35.3 Å². The van der Waals surface area contributed by atoms with Gasteiger partial charge in [-0.25, -0.2) is 9.97 Å². The van der Waals surface area contributed by atoms with Crippen molar-refractivity contribution >= 4 is 24.5 Å². The molecular weight excluding hydrogens is 367 g/mol. The molecule has 2 aromatic rings. The Morgan fingerprint density at radius 1 is 1.46 bits per heavy atom. The molecular formula is C16H18F3N5OS. The van der Waals surface area contributed by atoms with Crippen LogP contribution in [-0.4, -0.2) is 27.3 Å². The number of aromatic nitrogens is 3. The molecule has 0 aromatic carbocycles. The fourth-order valence-electron chi connectivity index (χ4n) is 1.97. The number of pyridine rings is 1. The van der Waals surface area contributed by atoms with Gasteiger partial charge in [0, 0.05) is 11.9 Å². The number of hydrogen-bond acceptors (Lipinski definition) is 6. The van der Waals surface area contributed by atoms with Crippen molar-refractivity contribution < 1.29 is 17.9 Å². The first kappa shape index (κ1) is 19.7. The molecule has 0 spiro atoms. The Morgan fingerprint density at radius 3 is 2.65 bits per heavy atom. The predicted molar refractivity (Wildman–Crippen MR) is 96.6 cm³/mol. The van der Waals surface area contributed by atoms with Crippen LogP contribution in [0.3, 0.4) is 0 Å². The highest BCUT2D eigenvalue weighted by atomic mass is 32.1. The molecule has 140 valence electrons. The maximum Gasteiger partial charge on any atom is 0.430 e. The molecule has 0 amide bonds. The average Bonchev–Trinajstić information content (AvgIpc) is 2.80. The topological polar surface area (TPSA) is 92.0 Å². The fourth-order valence-corrected chi connectivity index (χ4v) is 2.26. The van der Waals surface area contributed by atoms with Crippen LogP contribution in [0.5, 0.6) is 5.75 Å². The van der Waals surface area contributed by atoms with Gasteiger partial charge in [-0.05, 0) is 24.6 Å². The van der Waals surface area contributed by atoms with Crippen LogP contribution in [-0.2, 0) is 7.05 Å². The molecule has 2 heterocycles. The van der Waals surface area contributed by atoms with Crippen molar-refractivity contribution in [2.24, 2.45) is 12.8 Å². The Kier molecular flexibility index (Phi) is 5.55. The SMILES string of the molecule is C=C(C)COc1cnc(-c2nc(/C=C(\N)C(F)(F)F)c(N)n2C)c(S)c1.